The first-order valence-corrected chi connectivity index (χ1v) is 11.7. The average molecular weight is 403 g/mol. The molecule has 1 N–H and O–H groups in total. The Labute approximate surface area is 175 Å². The zero-order valence-corrected chi connectivity index (χ0v) is 18.6. The summed E-state index contributed by atoms with van der Waals surface area (Å²) in [5, 5.41) is 9.31. The number of hydrogen-bond acceptors (Lipinski definition) is 3. The van der Waals surface area contributed by atoms with Gasteiger partial charge < -0.3 is 9.84 Å². The van der Waals surface area contributed by atoms with Gasteiger partial charge in [-0.25, -0.2) is 0 Å². The minimum Gasteiger partial charge on any atom is -0.481 e. The van der Waals surface area contributed by atoms with E-state index in [0.717, 1.165) is 43.4 Å². The lowest BCUT2D eigenvalue weighted by atomic mass is 9.47. The molecule has 0 heterocycles. The SMILES string of the molecule is CC(=O)O[C@H]1CC[C@@]2(C)C(=CC[C@H]3[C@@H]4CC[C@H]([C@H](C)CC(=O)O)[C@@]4(C)CC[C@@H]32)C1. The molecule has 8 atom stereocenters. The van der Waals surface area contributed by atoms with E-state index in [1.165, 1.54) is 38.2 Å². The van der Waals surface area contributed by atoms with Crippen LogP contribution in [0.2, 0.25) is 0 Å². The molecule has 0 aromatic carbocycles. The molecular formula is C25H38O4. The van der Waals surface area contributed by atoms with Crippen molar-refractivity contribution in [2.45, 2.75) is 91.6 Å². The number of ether oxygens (including phenoxy) is 1. The van der Waals surface area contributed by atoms with E-state index in [-0.39, 0.29) is 23.4 Å². The summed E-state index contributed by atoms with van der Waals surface area (Å²) in [5.74, 6) is 2.19. The van der Waals surface area contributed by atoms with Gasteiger partial charge in [-0.15, -0.1) is 0 Å². The van der Waals surface area contributed by atoms with E-state index >= 15 is 0 Å². The number of allylic oxidation sites excluding steroid dienone is 1. The van der Waals surface area contributed by atoms with Gasteiger partial charge in [0.05, 0.1) is 0 Å². The minimum absolute atomic E-state index is 0.0601. The van der Waals surface area contributed by atoms with Gasteiger partial charge in [0.1, 0.15) is 6.10 Å². The van der Waals surface area contributed by atoms with Gasteiger partial charge in [-0.3, -0.25) is 9.59 Å². The number of fused-ring (bicyclic) bond motifs is 5. The van der Waals surface area contributed by atoms with Crippen molar-refractivity contribution >= 4 is 11.9 Å². The van der Waals surface area contributed by atoms with Gasteiger partial charge in [0.2, 0.25) is 0 Å². The minimum atomic E-state index is -0.652. The van der Waals surface area contributed by atoms with Crippen LogP contribution in [0.5, 0.6) is 0 Å². The zero-order chi connectivity index (χ0) is 21.0. The summed E-state index contributed by atoms with van der Waals surface area (Å²) in [5.41, 5.74) is 2.09. The predicted molar refractivity (Wildman–Crippen MR) is 112 cm³/mol. The van der Waals surface area contributed by atoms with E-state index in [0.29, 0.717) is 17.8 Å². The van der Waals surface area contributed by atoms with E-state index < -0.39 is 5.97 Å². The molecule has 0 aliphatic heterocycles. The second-order valence-corrected chi connectivity index (χ2v) is 11.0. The van der Waals surface area contributed by atoms with Crippen molar-refractivity contribution in [1.29, 1.82) is 0 Å². The first kappa shape index (κ1) is 20.9. The van der Waals surface area contributed by atoms with Crippen LogP contribution in [0.1, 0.15) is 85.5 Å². The predicted octanol–water partition coefficient (Wildman–Crippen LogP) is 5.61. The lowest BCUT2D eigenvalue weighted by Crippen LogP contribution is -2.51. The Morgan fingerprint density at radius 1 is 1.17 bits per heavy atom. The maximum absolute atomic E-state index is 11.4. The smallest absolute Gasteiger partial charge is 0.303 e. The molecule has 4 nitrogen and oxygen atoms in total. The fourth-order valence-corrected chi connectivity index (χ4v) is 8.36. The standard InChI is InChI=1S/C25H38O4/c1-15(13-23(27)28)20-7-8-21-19-6-5-17-14-18(29-16(2)26)9-11-24(17,3)22(19)10-12-25(20,21)4/h5,15,18-22H,6-14H2,1-4H3,(H,27,28)/t15-,18+,19+,20-,21+,22+,24+,25-/m1/s1. The quantitative estimate of drug-likeness (QED) is 0.490. The molecular weight excluding hydrogens is 364 g/mol. The molecule has 0 unspecified atom stereocenters. The van der Waals surface area contributed by atoms with Gasteiger partial charge in [0.25, 0.3) is 0 Å². The van der Waals surface area contributed by atoms with Gasteiger partial charge in [0, 0.05) is 19.8 Å². The van der Waals surface area contributed by atoms with E-state index in [1.54, 1.807) is 0 Å². The molecule has 4 heteroatoms. The summed E-state index contributed by atoms with van der Waals surface area (Å²) in [7, 11) is 0. The highest BCUT2D eigenvalue weighted by molar-refractivity contribution is 5.67. The third-order valence-electron chi connectivity index (χ3n) is 9.65. The van der Waals surface area contributed by atoms with Gasteiger partial charge in [-0.2, -0.15) is 0 Å². The Bertz CT molecular complexity index is 712. The Morgan fingerprint density at radius 2 is 1.93 bits per heavy atom. The van der Waals surface area contributed by atoms with Crippen molar-refractivity contribution < 1.29 is 19.4 Å². The molecule has 0 aromatic heterocycles. The lowest BCUT2D eigenvalue weighted by molar-refractivity contribution is -0.149. The Balaban J connectivity index is 1.54. The van der Waals surface area contributed by atoms with Gasteiger partial charge in [-0.1, -0.05) is 32.4 Å². The third kappa shape index (κ3) is 3.45. The van der Waals surface area contributed by atoms with Crippen LogP contribution >= 0.6 is 0 Å². The molecule has 3 fully saturated rings. The summed E-state index contributed by atoms with van der Waals surface area (Å²) in [4.78, 5) is 22.7. The van der Waals surface area contributed by atoms with Crippen LogP contribution in [-0.4, -0.2) is 23.1 Å². The maximum Gasteiger partial charge on any atom is 0.303 e. The second kappa shape index (κ2) is 7.42. The van der Waals surface area contributed by atoms with Crippen LogP contribution < -0.4 is 0 Å². The molecule has 0 saturated heterocycles. The lowest BCUT2D eigenvalue weighted by Gasteiger charge is -2.58. The van der Waals surface area contributed by atoms with Gasteiger partial charge in [0.15, 0.2) is 0 Å². The molecule has 0 spiro atoms. The molecule has 0 aromatic rings. The molecule has 4 rings (SSSR count). The van der Waals surface area contributed by atoms with E-state index in [1.807, 2.05) is 0 Å². The van der Waals surface area contributed by atoms with Crippen LogP contribution in [-0.2, 0) is 14.3 Å². The molecule has 162 valence electrons. The van der Waals surface area contributed by atoms with E-state index in [2.05, 4.69) is 26.8 Å². The first-order chi connectivity index (χ1) is 13.6. The molecule has 29 heavy (non-hydrogen) atoms. The fourth-order valence-electron chi connectivity index (χ4n) is 8.36. The van der Waals surface area contributed by atoms with Crippen molar-refractivity contribution in [3.05, 3.63) is 11.6 Å². The average Bonchev–Trinajstić information content (AvgIpc) is 2.98. The highest BCUT2D eigenvalue weighted by Crippen LogP contribution is 2.67. The number of carboxylic acid groups (broad SMARTS) is 1. The zero-order valence-electron chi connectivity index (χ0n) is 18.6. The molecule has 0 radical (unpaired) electrons. The monoisotopic (exact) mass is 402 g/mol. The molecule has 4 aliphatic carbocycles. The van der Waals surface area contributed by atoms with Crippen LogP contribution in [0, 0.1) is 40.4 Å². The van der Waals surface area contributed by atoms with Crippen LogP contribution in [0.25, 0.3) is 0 Å². The first-order valence-electron chi connectivity index (χ1n) is 11.7. The summed E-state index contributed by atoms with van der Waals surface area (Å²) in [6.45, 7) is 8.63. The molecule has 0 amide bonds. The summed E-state index contributed by atoms with van der Waals surface area (Å²) >= 11 is 0. The van der Waals surface area contributed by atoms with Crippen molar-refractivity contribution in [2.24, 2.45) is 40.4 Å². The third-order valence-corrected chi connectivity index (χ3v) is 9.65. The number of carboxylic acids is 1. The van der Waals surface area contributed by atoms with Crippen molar-refractivity contribution in [2.75, 3.05) is 0 Å². The number of aliphatic carboxylic acids is 1. The largest absolute Gasteiger partial charge is 0.481 e. The summed E-state index contributed by atoms with van der Waals surface area (Å²) in [6, 6.07) is 0. The van der Waals surface area contributed by atoms with E-state index in [9.17, 15) is 14.7 Å². The Hall–Kier alpha value is -1.32. The fraction of sp³-hybridized carbons (Fsp3) is 0.840. The number of hydrogen-bond donors (Lipinski definition) is 1. The van der Waals surface area contributed by atoms with Crippen molar-refractivity contribution in [1.82, 2.24) is 0 Å². The highest BCUT2D eigenvalue weighted by Gasteiger charge is 2.59. The van der Waals surface area contributed by atoms with Crippen molar-refractivity contribution in [3.63, 3.8) is 0 Å². The number of esters is 1. The number of carbonyl (C=O) groups is 2. The van der Waals surface area contributed by atoms with E-state index in [4.69, 9.17) is 4.74 Å². The van der Waals surface area contributed by atoms with Crippen LogP contribution in [0.15, 0.2) is 11.6 Å². The van der Waals surface area contributed by atoms with Crippen molar-refractivity contribution in [3.8, 4) is 0 Å². The molecule has 0 bridgehead atoms. The topological polar surface area (TPSA) is 63.6 Å². The Morgan fingerprint density at radius 3 is 2.62 bits per heavy atom. The summed E-state index contributed by atoms with van der Waals surface area (Å²) in [6.07, 6.45) is 12.0. The number of rotatable bonds is 4. The molecule has 3 saturated carbocycles. The normalized spacial score (nSPS) is 44.7. The Kier molecular flexibility index (Phi) is 5.36. The highest BCUT2D eigenvalue weighted by atomic mass is 16.5. The van der Waals surface area contributed by atoms with Gasteiger partial charge >= 0.3 is 11.9 Å². The number of carbonyl (C=O) groups excluding carboxylic acids is 1. The second-order valence-electron chi connectivity index (χ2n) is 11.0. The van der Waals surface area contributed by atoms with Gasteiger partial charge in [-0.05, 0) is 85.4 Å². The molecule has 4 aliphatic rings. The van der Waals surface area contributed by atoms with Crippen LogP contribution in [0.4, 0.5) is 0 Å². The summed E-state index contributed by atoms with van der Waals surface area (Å²) < 4.78 is 5.55. The maximum atomic E-state index is 11.4. The van der Waals surface area contributed by atoms with Crippen LogP contribution in [0.3, 0.4) is 0 Å².